The molecule has 0 spiro atoms. The van der Waals surface area contributed by atoms with Crippen molar-refractivity contribution < 1.29 is 9.18 Å². The van der Waals surface area contributed by atoms with Crippen molar-refractivity contribution >= 4 is 22.4 Å². The SMILES string of the molecule is Nc1nnc(CC(=O)N2CCc3cc(=O)n(-c4ccc(F)cc4)cc3C2)s1. The molecule has 0 radical (unpaired) electrons. The summed E-state index contributed by atoms with van der Waals surface area (Å²) in [5, 5.41) is 8.53. The highest BCUT2D eigenvalue weighted by atomic mass is 32.1. The molecule has 0 atom stereocenters. The number of nitrogens with two attached hydrogens (primary N) is 1. The van der Waals surface area contributed by atoms with E-state index in [4.69, 9.17) is 5.73 Å². The average molecular weight is 385 g/mol. The number of carbonyl (C=O) groups excluding carboxylic acids is 1. The zero-order valence-electron chi connectivity index (χ0n) is 14.3. The number of nitrogens with zero attached hydrogens (tertiary/aromatic N) is 4. The van der Waals surface area contributed by atoms with Crippen molar-refractivity contribution in [1.29, 1.82) is 0 Å². The Kier molecular flexibility index (Phi) is 4.44. The molecule has 1 aromatic carbocycles. The van der Waals surface area contributed by atoms with Crippen molar-refractivity contribution in [3.8, 4) is 5.69 Å². The number of hydrogen-bond donors (Lipinski definition) is 1. The van der Waals surface area contributed by atoms with Gasteiger partial charge in [-0.1, -0.05) is 11.3 Å². The Bertz CT molecular complexity index is 1060. The van der Waals surface area contributed by atoms with Gasteiger partial charge in [-0.25, -0.2) is 4.39 Å². The Morgan fingerprint density at radius 1 is 1.22 bits per heavy atom. The Morgan fingerprint density at radius 2 is 2.00 bits per heavy atom. The molecule has 9 heteroatoms. The standard InChI is InChI=1S/C18H16FN5O2S/c19-13-1-3-14(4-2-13)24-10-12-9-23(6-5-11(12)7-17(24)26)16(25)8-15-21-22-18(20)27-15/h1-4,7,10H,5-6,8-9H2,(H2,20,22). The van der Waals surface area contributed by atoms with E-state index >= 15 is 0 Å². The van der Waals surface area contributed by atoms with Gasteiger partial charge in [0.25, 0.3) is 5.56 Å². The van der Waals surface area contributed by atoms with Gasteiger partial charge < -0.3 is 10.6 Å². The number of anilines is 1. The minimum atomic E-state index is -0.362. The molecule has 138 valence electrons. The first kappa shape index (κ1) is 17.3. The first-order valence-corrected chi connectivity index (χ1v) is 9.17. The molecule has 27 heavy (non-hydrogen) atoms. The number of halogens is 1. The van der Waals surface area contributed by atoms with Gasteiger partial charge in [0.05, 0.1) is 6.42 Å². The van der Waals surface area contributed by atoms with E-state index < -0.39 is 0 Å². The summed E-state index contributed by atoms with van der Waals surface area (Å²) in [7, 11) is 0. The fourth-order valence-electron chi connectivity index (χ4n) is 3.12. The van der Waals surface area contributed by atoms with Crippen LogP contribution in [-0.4, -0.2) is 32.1 Å². The molecular weight excluding hydrogens is 369 g/mol. The van der Waals surface area contributed by atoms with Crippen molar-refractivity contribution in [3.05, 3.63) is 68.8 Å². The highest BCUT2D eigenvalue weighted by molar-refractivity contribution is 7.15. The largest absolute Gasteiger partial charge is 0.374 e. The Balaban J connectivity index is 1.58. The zero-order chi connectivity index (χ0) is 19.0. The predicted octanol–water partition coefficient (Wildman–Crippen LogP) is 1.54. The first-order chi connectivity index (χ1) is 13.0. The third kappa shape index (κ3) is 3.59. The molecule has 7 nitrogen and oxygen atoms in total. The fourth-order valence-corrected chi connectivity index (χ4v) is 3.72. The predicted molar refractivity (Wildman–Crippen MR) is 99.1 cm³/mol. The molecule has 4 rings (SSSR count). The van der Waals surface area contributed by atoms with Gasteiger partial charge in [-0.15, -0.1) is 10.2 Å². The fraction of sp³-hybridized carbons (Fsp3) is 0.222. The summed E-state index contributed by atoms with van der Waals surface area (Å²) in [5.74, 6) is -0.421. The summed E-state index contributed by atoms with van der Waals surface area (Å²) >= 11 is 1.20. The third-order valence-electron chi connectivity index (χ3n) is 4.49. The second-order valence-electron chi connectivity index (χ2n) is 6.28. The summed E-state index contributed by atoms with van der Waals surface area (Å²) in [6, 6.07) is 7.31. The van der Waals surface area contributed by atoms with E-state index in [2.05, 4.69) is 10.2 Å². The minimum absolute atomic E-state index is 0.0590. The second-order valence-corrected chi connectivity index (χ2v) is 7.38. The van der Waals surface area contributed by atoms with Crippen LogP contribution in [0, 0.1) is 5.82 Å². The van der Waals surface area contributed by atoms with Crippen LogP contribution in [0.3, 0.4) is 0 Å². The quantitative estimate of drug-likeness (QED) is 0.738. The first-order valence-electron chi connectivity index (χ1n) is 8.35. The van der Waals surface area contributed by atoms with E-state index in [-0.39, 0.29) is 23.7 Å². The van der Waals surface area contributed by atoms with Gasteiger partial charge >= 0.3 is 0 Å². The number of hydrogen-bond acceptors (Lipinski definition) is 6. The van der Waals surface area contributed by atoms with Gasteiger partial charge in [0.2, 0.25) is 11.0 Å². The van der Waals surface area contributed by atoms with Gasteiger partial charge in [-0.05, 0) is 41.8 Å². The van der Waals surface area contributed by atoms with Crippen LogP contribution in [-0.2, 0) is 24.2 Å². The van der Waals surface area contributed by atoms with E-state index in [0.29, 0.717) is 35.3 Å². The van der Waals surface area contributed by atoms with Crippen molar-refractivity contribution in [2.75, 3.05) is 12.3 Å². The van der Waals surface area contributed by atoms with E-state index in [1.54, 1.807) is 29.3 Å². The molecule has 0 saturated carbocycles. The molecule has 2 aromatic heterocycles. The lowest BCUT2D eigenvalue weighted by Crippen LogP contribution is -2.38. The zero-order valence-corrected chi connectivity index (χ0v) is 15.1. The Labute approximate surface area is 157 Å². The van der Waals surface area contributed by atoms with E-state index in [1.807, 2.05) is 0 Å². The minimum Gasteiger partial charge on any atom is -0.374 e. The van der Waals surface area contributed by atoms with E-state index in [9.17, 15) is 14.0 Å². The number of rotatable bonds is 3. The molecule has 1 aliphatic heterocycles. The summed E-state index contributed by atoms with van der Waals surface area (Å²) in [6.45, 7) is 0.948. The van der Waals surface area contributed by atoms with Crippen LogP contribution in [0.1, 0.15) is 16.1 Å². The number of fused-ring (bicyclic) bond motifs is 1. The van der Waals surface area contributed by atoms with Crippen LogP contribution >= 0.6 is 11.3 Å². The summed E-state index contributed by atoms with van der Waals surface area (Å²) < 4.78 is 14.6. The Hall–Kier alpha value is -3.07. The van der Waals surface area contributed by atoms with Crippen molar-refractivity contribution in [2.24, 2.45) is 0 Å². The molecular formula is C18H16FN5O2S. The maximum Gasteiger partial charge on any atom is 0.255 e. The monoisotopic (exact) mass is 385 g/mol. The highest BCUT2D eigenvalue weighted by Crippen LogP contribution is 2.20. The number of benzene rings is 1. The maximum absolute atomic E-state index is 13.1. The molecule has 0 bridgehead atoms. The van der Waals surface area contributed by atoms with Gasteiger partial charge in [-0.2, -0.15) is 0 Å². The molecule has 0 saturated heterocycles. The molecule has 3 heterocycles. The highest BCUT2D eigenvalue weighted by Gasteiger charge is 2.23. The normalized spacial score (nSPS) is 13.4. The van der Waals surface area contributed by atoms with E-state index in [1.165, 1.54) is 28.0 Å². The number of aromatic nitrogens is 3. The van der Waals surface area contributed by atoms with Crippen LogP contribution in [0.25, 0.3) is 5.69 Å². The van der Waals surface area contributed by atoms with E-state index in [0.717, 1.165) is 11.1 Å². The lowest BCUT2D eigenvalue weighted by atomic mass is 10.0. The molecule has 0 fully saturated rings. The van der Waals surface area contributed by atoms with Crippen molar-refractivity contribution in [3.63, 3.8) is 0 Å². The number of amides is 1. The topological polar surface area (TPSA) is 94.1 Å². The molecule has 3 aromatic rings. The third-order valence-corrected chi connectivity index (χ3v) is 5.24. The van der Waals surface area contributed by atoms with Gasteiger partial charge in [0.15, 0.2) is 0 Å². The molecule has 1 amide bonds. The lowest BCUT2D eigenvalue weighted by molar-refractivity contribution is -0.131. The number of carbonyl (C=O) groups is 1. The second kappa shape index (κ2) is 6.92. The van der Waals surface area contributed by atoms with Gasteiger partial charge in [0, 0.05) is 31.0 Å². The van der Waals surface area contributed by atoms with Crippen molar-refractivity contribution in [1.82, 2.24) is 19.7 Å². The van der Waals surface area contributed by atoms with Crippen molar-refractivity contribution in [2.45, 2.75) is 19.4 Å². The van der Waals surface area contributed by atoms with Crippen LogP contribution in [0.4, 0.5) is 9.52 Å². The summed E-state index contributed by atoms with van der Waals surface area (Å²) in [5.41, 5.74) is 7.79. The average Bonchev–Trinajstić information content (AvgIpc) is 3.06. The van der Waals surface area contributed by atoms with Crippen LogP contribution in [0.15, 0.2) is 41.3 Å². The molecule has 0 unspecified atom stereocenters. The molecule has 1 aliphatic rings. The summed E-state index contributed by atoms with van der Waals surface area (Å²) in [6.07, 6.45) is 2.49. The van der Waals surface area contributed by atoms with Crippen LogP contribution in [0.5, 0.6) is 0 Å². The van der Waals surface area contributed by atoms with Gasteiger partial charge in [-0.3, -0.25) is 14.2 Å². The van der Waals surface area contributed by atoms with Crippen LogP contribution in [0.2, 0.25) is 0 Å². The van der Waals surface area contributed by atoms with Crippen LogP contribution < -0.4 is 11.3 Å². The number of pyridine rings is 1. The Morgan fingerprint density at radius 3 is 2.70 bits per heavy atom. The lowest BCUT2D eigenvalue weighted by Gasteiger charge is -2.29. The smallest absolute Gasteiger partial charge is 0.255 e. The molecule has 2 N–H and O–H groups in total. The summed E-state index contributed by atoms with van der Waals surface area (Å²) in [4.78, 5) is 26.7. The maximum atomic E-state index is 13.1. The number of nitrogen functional groups attached to an aromatic ring is 1. The van der Waals surface area contributed by atoms with Gasteiger partial charge in [0.1, 0.15) is 10.8 Å². The molecule has 0 aliphatic carbocycles.